The summed E-state index contributed by atoms with van der Waals surface area (Å²) in [5.74, 6) is -0.810. The molecule has 1 saturated carbocycles. The van der Waals surface area contributed by atoms with Gasteiger partial charge in [0.15, 0.2) is 0 Å². The molecule has 0 radical (unpaired) electrons. The Hall–Kier alpha value is -3.17. The number of benzene rings is 3. The second-order valence-electron chi connectivity index (χ2n) is 11.5. The minimum Gasteiger partial charge on any atom is -0.481 e. The quantitative estimate of drug-likeness (QED) is 0.275. The summed E-state index contributed by atoms with van der Waals surface area (Å²) in [6, 6.07) is 21.5. The van der Waals surface area contributed by atoms with Crippen molar-refractivity contribution >= 4 is 12.0 Å². The summed E-state index contributed by atoms with van der Waals surface area (Å²) >= 11 is 0. The maximum Gasteiger partial charge on any atom is 0.307 e. The van der Waals surface area contributed by atoms with E-state index in [0.717, 1.165) is 49.7 Å². The average Bonchev–Trinajstić information content (AvgIpc) is 3.14. The number of rotatable bonds is 9. The normalized spacial score (nSPS) is 15.8. The number of hydrogen-bond acceptors (Lipinski definition) is 2. The summed E-state index contributed by atoms with van der Waals surface area (Å²) in [6.45, 7) is 8.90. The fraction of sp³-hybridized carbons (Fsp3) is 0.417. The Bertz CT molecular complexity index is 1300. The van der Waals surface area contributed by atoms with Gasteiger partial charge in [0.2, 0.25) is 0 Å². The second kappa shape index (κ2) is 12.3. The maximum absolute atomic E-state index is 11.1. The molecular formula is C36H44O3. The Kier molecular flexibility index (Phi) is 9.12. The minimum absolute atomic E-state index is 0.0442. The SMILES string of the molecule is CCC(CC)(c1ccc(C=CC2(O)CCCCCC2)c(C)c1)c1ccc(-c2ccc(CC(=O)O)cc2)c(C)c1. The Morgan fingerprint density at radius 2 is 1.44 bits per heavy atom. The molecule has 3 nitrogen and oxygen atoms in total. The molecule has 4 rings (SSSR count). The van der Waals surface area contributed by atoms with Gasteiger partial charge in [-0.25, -0.2) is 0 Å². The van der Waals surface area contributed by atoms with E-state index >= 15 is 0 Å². The first-order valence-corrected chi connectivity index (χ1v) is 14.6. The fourth-order valence-electron chi connectivity index (χ4n) is 6.41. The van der Waals surface area contributed by atoms with E-state index in [9.17, 15) is 9.90 Å². The summed E-state index contributed by atoms with van der Waals surface area (Å²) in [7, 11) is 0. The van der Waals surface area contributed by atoms with E-state index in [1.807, 2.05) is 30.3 Å². The lowest BCUT2D eigenvalue weighted by Gasteiger charge is -2.34. The highest BCUT2D eigenvalue weighted by atomic mass is 16.4. The molecule has 3 heteroatoms. The van der Waals surface area contributed by atoms with Gasteiger partial charge in [-0.2, -0.15) is 0 Å². The van der Waals surface area contributed by atoms with E-state index in [2.05, 4.69) is 70.2 Å². The van der Waals surface area contributed by atoms with Crippen LogP contribution in [0.25, 0.3) is 17.2 Å². The molecule has 1 aliphatic carbocycles. The number of aliphatic carboxylic acids is 1. The summed E-state index contributed by atoms with van der Waals surface area (Å²) in [4.78, 5) is 11.0. The van der Waals surface area contributed by atoms with E-state index in [1.165, 1.54) is 46.2 Å². The van der Waals surface area contributed by atoms with Crippen molar-refractivity contribution in [2.24, 2.45) is 0 Å². The van der Waals surface area contributed by atoms with Gasteiger partial charge in [0, 0.05) is 5.41 Å². The molecule has 0 heterocycles. The highest BCUT2D eigenvalue weighted by Gasteiger charge is 2.31. The zero-order chi connectivity index (χ0) is 28.0. The molecule has 0 bridgehead atoms. The molecule has 0 atom stereocenters. The van der Waals surface area contributed by atoms with Crippen LogP contribution < -0.4 is 0 Å². The van der Waals surface area contributed by atoms with E-state index in [1.54, 1.807) is 0 Å². The van der Waals surface area contributed by atoms with E-state index in [4.69, 9.17) is 5.11 Å². The molecule has 1 fully saturated rings. The summed E-state index contributed by atoms with van der Waals surface area (Å²) in [6.07, 6.45) is 12.6. The Labute approximate surface area is 234 Å². The Morgan fingerprint density at radius 1 is 0.846 bits per heavy atom. The molecule has 0 spiro atoms. The zero-order valence-electron chi connectivity index (χ0n) is 24.1. The zero-order valence-corrected chi connectivity index (χ0v) is 24.1. The smallest absolute Gasteiger partial charge is 0.307 e. The Balaban J connectivity index is 1.62. The molecule has 0 amide bonds. The molecule has 0 aliphatic heterocycles. The number of hydrogen-bond donors (Lipinski definition) is 2. The molecule has 3 aromatic carbocycles. The van der Waals surface area contributed by atoms with Gasteiger partial charge in [-0.3, -0.25) is 4.79 Å². The predicted molar refractivity (Wildman–Crippen MR) is 162 cm³/mol. The lowest BCUT2D eigenvalue weighted by Crippen LogP contribution is -2.26. The largest absolute Gasteiger partial charge is 0.481 e. The molecule has 0 unspecified atom stereocenters. The molecule has 206 valence electrons. The number of aryl methyl sites for hydroxylation is 2. The summed E-state index contributed by atoms with van der Waals surface area (Å²) < 4.78 is 0. The molecule has 0 saturated heterocycles. The van der Waals surface area contributed by atoms with E-state index < -0.39 is 11.6 Å². The third-order valence-corrected chi connectivity index (χ3v) is 8.97. The van der Waals surface area contributed by atoms with Crippen molar-refractivity contribution in [3.8, 4) is 11.1 Å². The van der Waals surface area contributed by atoms with Gasteiger partial charge >= 0.3 is 5.97 Å². The van der Waals surface area contributed by atoms with Gasteiger partial charge in [0.25, 0.3) is 0 Å². The van der Waals surface area contributed by atoms with Crippen molar-refractivity contribution in [1.29, 1.82) is 0 Å². The third kappa shape index (κ3) is 6.53. The van der Waals surface area contributed by atoms with Crippen LogP contribution in [0.1, 0.15) is 98.6 Å². The fourth-order valence-corrected chi connectivity index (χ4v) is 6.41. The van der Waals surface area contributed by atoms with Gasteiger partial charge in [-0.15, -0.1) is 0 Å². The van der Waals surface area contributed by atoms with Crippen LogP contribution in [0, 0.1) is 13.8 Å². The average molecular weight is 525 g/mol. The maximum atomic E-state index is 11.1. The van der Waals surface area contributed by atoms with Crippen LogP contribution in [-0.2, 0) is 16.6 Å². The van der Waals surface area contributed by atoms with E-state index in [-0.39, 0.29) is 11.8 Å². The number of carbonyl (C=O) groups is 1. The van der Waals surface area contributed by atoms with Crippen molar-refractivity contribution in [2.75, 3.05) is 0 Å². The van der Waals surface area contributed by atoms with Crippen LogP contribution in [0.15, 0.2) is 66.7 Å². The second-order valence-corrected chi connectivity index (χ2v) is 11.5. The first-order chi connectivity index (χ1) is 18.7. The van der Waals surface area contributed by atoms with Gasteiger partial charge in [0.1, 0.15) is 0 Å². The first-order valence-electron chi connectivity index (χ1n) is 14.6. The monoisotopic (exact) mass is 524 g/mol. The number of carboxylic acid groups (broad SMARTS) is 1. The van der Waals surface area contributed by atoms with Crippen LogP contribution >= 0.6 is 0 Å². The van der Waals surface area contributed by atoms with Crippen LogP contribution in [0.3, 0.4) is 0 Å². The van der Waals surface area contributed by atoms with Gasteiger partial charge < -0.3 is 10.2 Å². The van der Waals surface area contributed by atoms with E-state index in [0.29, 0.717) is 0 Å². The molecular weight excluding hydrogens is 480 g/mol. The van der Waals surface area contributed by atoms with Crippen molar-refractivity contribution in [3.05, 3.63) is 100 Å². The van der Waals surface area contributed by atoms with Crippen LogP contribution in [0.5, 0.6) is 0 Å². The van der Waals surface area contributed by atoms with Crippen LogP contribution in [0.2, 0.25) is 0 Å². The van der Waals surface area contributed by atoms with Crippen molar-refractivity contribution in [2.45, 2.75) is 96.5 Å². The van der Waals surface area contributed by atoms with Crippen LogP contribution in [-0.4, -0.2) is 21.8 Å². The molecule has 2 N–H and O–H groups in total. The highest BCUT2D eigenvalue weighted by Crippen LogP contribution is 2.41. The predicted octanol–water partition coefficient (Wildman–Crippen LogP) is 8.80. The third-order valence-electron chi connectivity index (χ3n) is 8.97. The first kappa shape index (κ1) is 28.8. The standard InChI is InChI=1S/C36H44O3/c1-5-36(6-2,31-16-15-29(26(3)23-31)19-22-35(39)20-9-7-8-10-21-35)32-17-18-33(27(4)24-32)30-13-11-28(12-14-30)25-34(37)38/h11-19,22-24,39H,5-10,20-21,25H2,1-4H3,(H,37,38). The number of aliphatic hydroxyl groups is 1. The molecule has 3 aromatic rings. The molecule has 39 heavy (non-hydrogen) atoms. The van der Waals surface area contributed by atoms with Gasteiger partial charge in [-0.05, 0) is 84.0 Å². The van der Waals surface area contributed by atoms with Crippen molar-refractivity contribution in [1.82, 2.24) is 0 Å². The minimum atomic E-state index is -0.810. The topological polar surface area (TPSA) is 57.5 Å². The summed E-state index contributed by atoms with van der Waals surface area (Å²) in [5, 5.41) is 20.1. The van der Waals surface area contributed by atoms with Gasteiger partial charge in [-0.1, -0.05) is 112 Å². The lowest BCUT2D eigenvalue weighted by atomic mass is 9.69. The van der Waals surface area contributed by atoms with Crippen molar-refractivity contribution < 1.29 is 15.0 Å². The molecule has 0 aromatic heterocycles. The van der Waals surface area contributed by atoms with Crippen LogP contribution in [0.4, 0.5) is 0 Å². The Morgan fingerprint density at radius 3 is 1.97 bits per heavy atom. The molecule has 1 aliphatic rings. The van der Waals surface area contributed by atoms with Gasteiger partial charge in [0.05, 0.1) is 12.0 Å². The summed E-state index contributed by atoms with van der Waals surface area (Å²) in [5.41, 5.74) is 8.63. The van der Waals surface area contributed by atoms with Crippen molar-refractivity contribution in [3.63, 3.8) is 0 Å². The highest BCUT2D eigenvalue weighted by molar-refractivity contribution is 5.72. The number of carboxylic acids is 1. The lowest BCUT2D eigenvalue weighted by molar-refractivity contribution is -0.136.